The molecule has 0 spiro atoms. The lowest BCUT2D eigenvalue weighted by atomic mass is 10.1. The Morgan fingerprint density at radius 3 is 2.50 bits per heavy atom. The smallest absolute Gasteiger partial charge is 0.416 e. The van der Waals surface area contributed by atoms with E-state index in [2.05, 4.69) is 21.2 Å². The molecule has 1 N–H and O–H groups in total. The molecule has 0 atom stereocenters. The fourth-order valence-corrected chi connectivity index (χ4v) is 3.08. The van der Waals surface area contributed by atoms with Gasteiger partial charge < -0.3 is 14.8 Å². The Morgan fingerprint density at radius 1 is 1.20 bits per heavy atom. The van der Waals surface area contributed by atoms with E-state index in [0.29, 0.717) is 34.7 Å². The standard InChI is InChI=1S/C21H18BrF3N2O3/c1-3-29-18-10-13(9-17(22)19(18)30-4-2)8-14(12-26)20(28)27-16-7-5-6-15(11-16)21(23,24)25/h5-11H,3-4H2,1-2H3,(H,27,28)/b14-8+. The van der Waals surface area contributed by atoms with Crippen LogP contribution >= 0.6 is 15.9 Å². The normalized spacial score (nSPS) is 11.6. The van der Waals surface area contributed by atoms with E-state index in [1.807, 2.05) is 6.92 Å². The molecule has 1 amide bonds. The maximum atomic E-state index is 12.8. The largest absolute Gasteiger partial charge is 0.490 e. The molecule has 0 aromatic heterocycles. The number of ether oxygens (including phenoxy) is 2. The van der Waals surface area contributed by atoms with Crippen LogP contribution in [0.1, 0.15) is 25.0 Å². The fraction of sp³-hybridized carbons (Fsp3) is 0.238. The molecule has 0 saturated heterocycles. The number of nitriles is 1. The summed E-state index contributed by atoms with van der Waals surface area (Å²) in [4.78, 5) is 12.4. The van der Waals surface area contributed by atoms with Crippen molar-refractivity contribution in [1.82, 2.24) is 0 Å². The predicted molar refractivity (Wildman–Crippen MR) is 110 cm³/mol. The lowest BCUT2D eigenvalue weighted by Gasteiger charge is -2.13. The van der Waals surface area contributed by atoms with Crippen LogP contribution in [0.3, 0.4) is 0 Å². The van der Waals surface area contributed by atoms with E-state index in [0.717, 1.165) is 12.1 Å². The predicted octanol–water partition coefficient (Wildman–Crippen LogP) is 5.81. The second-order valence-electron chi connectivity index (χ2n) is 5.90. The lowest BCUT2D eigenvalue weighted by molar-refractivity contribution is -0.137. The molecule has 158 valence electrons. The second kappa shape index (κ2) is 10.2. The van der Waals surface area contributed by atoms with E-state index in [-0.39, 0.29) is 11.3 Å². The Balaban J connectivity index is 2.33. The summed E-state index contributed by atoms with van der Waals surface area (Å²) < 4.78 is 50.2. The highest BCUT2D eigenvalue weighted by Crippen LogP contribution is 2.37. The van der Waals surface area contributed by atoms with Gasteiger partial charge >= 0.3 is 6.18 Å². The number of anilines is 1. The number of hydrogen-bond donors (Lipinski definition) is 1. The van der Waals surface area contributed by atoms with Gasteiger partial charge in [0.05, 0.1) is 23.2 Å². The maximum Gasteiger partial charge on any atom is 0.416 e. The quantitative estimate of drug-likeness (QED) is 0.399. The molecule has 0 fully saturated rings. The van der Waals surface area contributed by atoms with Gasteiger partial charge in [0.25, 0.3) is 5.91 Å². The van der Waals surface area contributed by atoms with Crippen molar-refractivity contribution in [3.05, 3.63) is 57.6 Å². The average Bonchev–Trinajstić information content (AvgIpc) is 2.68. The van der Waals surface area contributed by atoms with Crippen LogP contribution in [0.25, 0.3) is 6.08 Å². The number of hydrogen-bond acceptors (Lipinski definition) is 4. The van der Waals surface area contributed by atoms with E-state index in [4.69, 9.17) is 9.47 Å². The Hall–Kier alpha value is -2.99. The lowest BCUT2D eigenvalue weighted by Crippen LogP contribution is -2.14. The number of carbonyl (C=O) groups excluding carboxylic acids is 1. The Morgan fingerprint density at radius 2 is 1.90 bits per heavy atom. The van der Waals surface area contributed by atoms with E-state index in [1.54, 1.807) is 25.1 Å². The molecular formula is C21H18BrF3N2O3. The van der Waals surface area contributed by atoms with Crippen LogP contribution in [0.4, 0.5) is 18.9 Å². The molecule has 0 saturated carbocycles. The minimum Gasteiger partial charge on any atom is -0.490 e. The Bertz CT molecular complexity index is 998. The molecule has 0 aliphatic carbocycles. The molecule has 5 nitrogen and oxygen atoms in total. The summed E-state index contributed by atoms with van der Waals surface area (Å²) in [5.41, 5.74) is -0.783. The first-order valence-corrected chi connectivity index (χ1v) is 9.68. The molecule has 0 aliphatic rings. The van der Waals surface area contributed by atoms with Crippen molar-refractivity contribution in [3.63, 3.8) is 0 Å². The first-order valence-electron chi connectivity index (χ1n) is 8.89. The van der Waals surface area contributed by atoms with Gasteiger partial charge in [0, 0.05) is 5.69 Å². The van der Waals surface area contributed by atoms with Gasteiger partial charge in [0.2, 0.25) is 0 Å². The number of halogens is 4. The van der Waals surface area contributed by atoms with Crippen molar-refractivity contribution in [1.29, 1.82) is 5.26 Å². The van der Waals surface area contributed by atoms with Gasteiger partial charge in [-0.15, -0.1) is 0 Å². The first kappa shape index (κ1) is 23.3. The van der Waals surface area contributed by atoms with Crippen LogP contribution in [0.15, 0.2) is 46.4 Å². The van der Waals surface area contributed by atoms with Crippen LogP contribution in [0.5, 0.6) is 11.5 Å². The molecule has 9 heteroatoms. The monoisotopic (exact) mass is 482 g/mol. The van der Waals surface area contributed by atoms with Gasteiger partial charge in [-0.3, -0.25) is 4.79 Å². The zero-order valence-corrected chi connectivity index (χ0v) is 17.7. The van der Waals surface area contributed by atoms with Crippen molar-refractivity contribution in [2.45, 2.75) is 20.0 Å². The van der Waals surface area contributed by atoms with Crippen molar-refractivity contribution < 1.29 is 27.4 Å². The Labute approximate surface area is 180 Å². The minimum atomic E-state index is -4.54. The van der Waals surface area contributed by atoms with E-state index in [9.17, 15) is 23.2 Å². The number of benzene rings is 2. The highest BCUT2D eigenvalue weighted by atomic mass is 79.9. The molecule has 0 heterocycles. The zero-order valence-electron chi connectivity index (χ0n) is 16.1. The number of alkyl halides is 3. The second-order valence-corrected chi connectivity index (χ2v) is 6.75. The highest BCUT2D eigenvalue weighted by Gasteiger charge is 2.30. The number of rotatable bonds is 7. The van der Waals surface area contributed by atoms with Gasteiger partial charge in [-0.1, -0.05) is 6.07 Å². The summed E-state index contributed by atoms with van der Waals surface area (Å²) in [5, 5.41) is 11.7. The summed E-state index contributed by atoms with van der Waals surface area (Å²) in [6.45, 7) is 4.41. The number of amides is 1. The van der Waals surface area contributed by atoms with Crippen LogP contribution < -0.4 is 14.8 Å². The third kappa shape index (κ3) is 6.00. The van der Waals surface area contributed by atoms with E-state index in [1.165, 1.54) is 18.2 Å². The van der Waals surface area contributed by atoms with Crippen LogP contribution in [-0.2, 0) is 11.0 Å². The minimum absolute atomic E-state index is 0.0705. The summed E-state index contributed by atoms with van der Waals surface area (Å²) >= 11 is 3.37. The molecule has 0 aliphatic heterocycles. The van der Waals surface area contributed by atoms with Gasteiger partial charge in [0.15, 0.2) is 11.5 Å². The van der Waals surface area contributed by atoms with Crippen molar-refractivity contribution in [3.8, 4) is 17.6 Å². The molecule has 0 unspecified atom stereocenters. The van der Waals surface area contributed by atoms with Crippen molar-refractivity contribution in [2.75, 3.05) is 18.5 Å². The van der Waals surface area contributed by atoms with Crippen molar-refractivity contribution >= 4 is 33.6 Å². The van der Waals surface area contributed by atoms with Gasteiger partial charge in [-0.25, -0.2) is 0 Å². The van der Waals surface area contributed by atoms with Crippen LogP contribution in [0.2, 0.25) is 0 Å². The zero-order chi connectivity index (χ0) is 22.3. The molecular weight excluding hydrogens is 465 g/mol. The Kier molecular flexibility index (Phi) is 7.89. The van der Waals surface area contributed by atoms with E-state index >= 15 is 0 Å². The topological polar surface area (TPSA) is 71.3 Å². The number of carbonyl (C=O) groups is 1. The van der Waals surface area contributed by atoms with Crippen molar-refractivity contribution in [2.24, 2.45) is 0 Å². The molecule has 2 rings (SSSR count). The summed E-state index contributed by atoms with van der Waals surface area (Å²) in [6, 6.07) is 9.18. The number of nitrogens with one attached hydrogen (secondary N) is 1. The van der Waals surface area contributed by atoms with Crippen LogP contribution in [0, 0.1) is 11.3 Å². The SMILES string of the molecule is CCOc1cc(/C=C(\C#N)C(=O)Nc2cccc(C(F)(F)F)c2)cc(Br)c1OCC. The van der Waals surface area contributed by atoms with Gasteiger partial charge in [-0.05, 0) is 71.7 Å². The average molecular weight is 483 g/mol. The molecule has 0 bridgehead atoms. The molecule has 0 radical (unpaired) electrons. The van der Waals surface area contributed by atoms with Gasteiger partial charge in [-0.2, -0.15) is 18.4 Å². The molecule has 2 aromatic rings. The third-order valence-corrected chi connectivity index (χ3v) is 4.33. The summed E-state index contributed by atoms with van der Waals surface area (Å²) in [5.74, 6) is 0.0822. The van der Waals surface area contributed by atoms with E-state index < -0.39 is 17.6 Å². The third-order valence-electron chi connectivity index (χ3n) is 3.74. The first-order chi connectivity index (χ1) is 14.2. The highest BCUT2D eigenvalue weighted by molar-refractivity contribution is 9.10. The fourth-order valence-electron chi connectivity index (χ4n) is 2.51. The maximum absolute atomic E-state index is 12.8. The summed E-state index contributed by atoms with van der Waals surface area (Å²) in [7, 11) is 0. The molecule has 30 heavy (non-hydrogen) atoms. The number of nitrogens with zero attached hydrogens (tertiary/aromatic N) is 1. The van der Waals surface area contributed by atoms with Gasteiger partial charge in [0.1, 0.15) is 11.6 Å². The van der Waals surface area contributed by atoms with Crippen LogP contribution in [-0.4, -0.2) is 19.1 Å². The summed E-state index contributed by atoms with van der Waals surface area (Å²) in [6.07, 6.45) is -3.23. The molecule has 2 aromatic carbocycles.